The van der Waals surface area contributed by atoms with Crippen LogP contribution < -0.4 is 10.6 Å². The van der Waals surface area contributed by atoms with Crippen LogP contribution in [0.3, 0.4) is 0 Å². The monoisotopic (exact) mass is 294 g/mol. The zero-order chi connectivity index (χ0) is 14.7. The number of hydrogen-bond acceptors (Lipinski definition) is 3. The van der Waals surface area contributed by atoms with Crippen molar-refractivity contribution in [1.29, 1.82) is 0 Å². The quantitative estimate of drug-likeness (QED) is 0.673. The molecule has 0 aromatic heterocycles. The summed E-state index contributed by atoms with van der Waals surface area (Å²) in [5.74, 6) is 3.06. The summed E-state index contributed by atoms with van der Waals surface area (Å²) in [6.45, 7) is 3.13. The summed E-state index contributed by atoms with van der Waals surface area (Å²) in [4.78, 5) is 12.3. The minimum absolute atomic E-state index is 0.269. The average molecular weight is 294 g/mol. The Balaban J connectivity index is 1.39. The topological polar surface area (TPSA) is 50.4 Å². The third kappa shape index (κ3) is 3.78. The average Bonchev–Trinajstić information content (AvgIpc) is 2.40. The van der Waals surface area contributed by atoms with E-state index < -0.39 is 0 Å². The van der Waals surface area contributed by atoms with Gasteiger partial charge in [-0.1, -0.05) is 0 Å². The molecule has 0 aliphatic heterocycles. The van der Waals surface area contributed by atoms with Crippen LogP contribution in [0.5, 0.6) is 0 Å². The zero-order valence-corrected chi connectivity index (χ0v) is 13.3. The van der Waals surface area contributed by atoms with E-state index in [1.807, 2.05) is 0 Å². The maximum Gasteiger partial charge on any atom is 0.220 e. The summed E-state index contributed by atoms with van der Waals surface area (Å²) in [5.41, 5.74) is 0.363. The van der Waals surface area contributed by atoms with Crippen molar-refractivity contribution in [3.63, 3.8) is 0 Å². The molecule has 4 fully saturated rings. The number of rotatable bonds is 8. The van der Waals surface area contributed by atoms with Gasteiger partial charge in [0.2, 0.25) is 5.91 Å². The Morgan fingerprint density at radius 2 is 1.67 bits per heavy atom. The second-order valence-electron chi connectivity index (χ2n) is 7.69. The van der Waals surface area contributed by atoms with Crippen molar-refractivity contribution in [3.05, 3.63) is 0 Å². The number of hydrogen-bond donors (Lipinski definition) is 2. The zero-order valence-electron chi connectivity index (χ0n) is 13.3. The van der Waals surface area contributed by atoms with Crippen LogP contribution in [0.1, 0.15) is 44.9 Å². The van der Waals surface area contributed by atoms with Gasteiger partial charge in [-0.25, -0.2) is 0 Å². The van der Waals surface area contributed by atoms with Crippen molar-refractivity contribution in [2.24, 2.45) is 23.2 Å². The van der Waals surface area contributed by atoms with Crippen LogP contribution in [0.25, 0.3) is 0 Å². The first-order valence-electron chi connectivity index (χ1n) is 8.65. The van der Waals surface area contributed by atoms with Crippen LogP contribution in [0, 0.1) is 23.2 Å². The number of carbonyl (C=O) groups excluding carboxylic acids is 1. The molecule has 4 saturated carbocycles. The molecule has 4 rings (SSSR count). The van der Waals surface area contributed by atoms with Gasteiger partial charge in [0.15, 0.2) is 0 Å². The largest absolute Gasteiger partial charge is 0.383 e. The summed E-state index contributed by atoms with van der Waals surface area (Å²) < 4.78 is 4.98. The highest BCUT2D eigenvalue weighted by molar-refractivity contribution is 5.76. The van der Waals surface area contributed by atoms with Crippen LogP contribution in [-0.2, 0) is 9.53 Å². The van der Waals surface area contributed by atoms with Gasteiger partial charge in [0.05, 0.1) is 6.61 Å². The van der Waals surface area contributed by atoms with Gasteiger partial charge in [-0.05, 0) is 61.7 Å². The number of amides is 1. The van der Waals surface area contributed by atoms with Crippen molar-refractivity contribution in [1.82, 2.24) is 10.6 Å². The van der Waals surface area contributed by atoms with Crippen molar-refractivity contribution in [2.75, 3.05) is 33.4 Å². The lowest BCUT2D eigenvalue weighted by Crippen LogP contribution is -2.48. The fourth-order valence-corrected chi connectivity index (χ4v) is 5.50. The highest BCUT2D eigenvalue weighted by atomic mass is 16.5. The van der Waals surface area contributed by atoms with Crippen molar-refractivity contribution in [2.45, 2.75) is 44.9 Å². The Bertz CT molecular complexity index is 335. The second-order valence-corrected chi connectivity index (χ2v) is 7.69. The SMILES string of the molecule is COCCNCCNC(=O)CC12CC3CC(CC(C3)C1)C2. The molecule has 4 nitrogen and oxygen atoms in total. The van der Waals surface area contributed by atoms with E-state index in [4.69, 9.17) is 4.74 Å². The van der Waals surface area contributed by atoms with E-state index in [-0.39, 0.29) is 5.91 Å². The minimum Gasteiger partial charge on any atom is -0.383 e. The summed E-state index contributed by atoms with van der Waals surface area (Å²) in [6.07, 6.45) is 9.07. The van der Waals surface area contributed by atoms with Gasteiger partial charge >= 0.3 is 0 Å². The van der Waals surface area contributed by atoms with Gasteiger partial charge in [-0.3, -0.25) is 4.79 Å². The van der Waals surface area contributed by atoms with Crippen LogP contribution in [0.4, 0.5) is 0 Å². The number of nitrogens with one attached hydrogen (secondary N) is 2. The van der Waals surface area contributed by atoms with Gasteiger partial charge in [-0.2, -0.15) is 0 Å². The van der Waals surface area contributed by atoms with Gasteiger partial charge in [0.1, 0.15) is 0 Å². The molecule has 4 bridgehead atoms. The molecule has 21 heavy (non-hydrogen) atoms. The molecule has 4 aliphatic rings. The van der Waals surface area contributed by atoms with Gasteiger partial charge < -0.3 is 15.4 Å². The minimum atomic E-state index is 0.269. The number of ether oxygens (including phenoxy) is 1. The van der Waals surface area contributed by atoms with E-state index in [0.717, 1.165) is 50.4 Å². The number of methoxy groups -OCH3 is 1. The lowest BCUT2D eigenvalue weighted by atomic mass is 9.49. The Labute approximate surface area is 128 Å². The fraction of sp³-hybridized carbons (Fsp3) is 0.941. The molecule has 2 N–H and O–H groups in total. The molecular weight excluding hydrogens is 264 g/mol. The lowest BCUT2D eigenvalue weighted by molar-refractivity contribution is -0.129. The molecule has 4 aliphatic carbocycles. The standard InChI is InChI=1S/C17H30N2O2/c1-21-5-4-18-2-3-19-16(20)12-17-9-13-6-14(10-17)8-15(7-13)11-17/h13-15,18H,2-12H2,1H3,(H,19,20). The third-order valence-corrected chi connectivity index (χ3v) is 5.81. The van der Waals surface area contributed by atoms with Crippen LogP contribution in [-0.4, -0.2) is 39.3 Å². The summed E-state index contributed by atoms with van der Waals surface area (Å²) >= 11 is 0. The molecular formula is C17H30N2O2. The molecule has 0 radical (unpaired) electrons. The molecule has 0 aromatic rings. The Morgan fingerprint density at radius 1 is 1.05 bits per heavy atom. The summed E-state index contributed by atoms with van der Waals surface area (Å²) in [6, 6.07) is 0. The molecule has 0 atom stereocenters. The van der Waals surface area contributed by atoms with E-state index in [0.29, 0.717) is 5.41 Å². The Morgan fingerprint density at radius 3 is 2.24 bits per heavy atom. The normalized spacial score (nSPS) is 36.9. The Hall–Kier alpha value is -0.610. The van der Waals surface area contributed by atoms with Crippen molar-refractivity contribution < 1.29 is 9.53 Å². The predicted octanol–water partition coefficient (Wildman–Crippen LogP) is 1.95. The fourth-order valence-electron chi connectivity index (χ4n) is 5.50. The van der Waals surface area contributed by atoms with Crippen molar-refractivity contribution >= 4 is 5.91 Å². The van der Waals surface area contributed by atoms with Gasteiger partial charge in [-0.15, -0.1) is 0 Å². The molecule has 0 heterocycles. The maximum atomic E-state index is 12.3. The van der Waals surface area contributed by atoms with Crippen LogP contribution in [0.15, 0.2) is 0 Å². The van der Waals surface area contributed by atoms with Gasteiger partial charge in [0.25, 0.3) is 0 Å². The summed E-state index contributed by atoms with van der Waals surface area (Å²) in [5, 5.41) is 6.35. The van der Waals surface area contributed by atoms with Crippen molar-refractivity contribution in [3.8, 4) is 0 Å². The van der Waals surface area contributed by atoms with E-state index in [9.17, 15) is 4.79 Å². The van der Waals surface area contributed by atoms with E-state index >= 15 is 0 Å². The van der Waals surface area contributed by atoms with Crippen LogP contribution in [0.2, 0.25) is 0 Å². The molecule has 0 spiro atoms. The molecule has 4 heteroatoms. The maximum absolute atomic E-state index is 12.3. The van der Waals surface area contributed by atoms with E-state index in [1.165, 1.54) is 38.5 Å². The second kappa shape index (κ2) is 6.66. The first-order chi connectivity index (χ1) is 10.2. The van der Waals surface area contributed by atoms with E-state index in [2.05, 4.69) is 10.6 Å². The van der Waals surface area contributed by atoms with Gasteiger partial charge in [0, 0.05) is 33.2 Å². The molecule has 120 valence electrons. The Kier molecular flexibility index (Phi) is 4.85. The predicted molar refractivity (Wildman–Crippen MR) is 83.0 cm³/mol. The summed E-state index contributed by atoms with van der Waals surface area (Å²) in [7, 11) is 1.70. The smallest absolute Gasteiger partial charge is 0.220 e. The third-order valence-electron chi connectivity index (χ3n) is 5.81. The molecule has 1 amide bonds. The molecule has 0 aromatic carbocycles. The van der Waals surface area contributed by atoms with Crippen LogP contribution >= 0.6 is 0 Å². The first kappa shape index (κ1) is 15.3. The highest BCUT2D eigenvalue weighted by Gasteiger charge is 2.51. The molecule has 0 unspecified atom stereocenters. The first-order valence-corrected chi connectivity index (χ1v) is 8.65. The molecule has 0 saturated heterocycles. The highest BCUT2D eigenvalue weighted by Crippen LogP contribution is 2.61. The lowest BCUT2D eigenvalue weighted by Gasteiger charge is -2.56. The van der Waals surface area contributed by atoms with E-state index in [1.54, 1.807) is 7.11 Å². The number of carbonyl (C=O) groups is 1.